The molecule has 1 amide bonds. The third kappa shape index (κ3) is 3.97. The van der Waals surface area contributed by atoms with Crippen molar-refractivity contribution in [1.82, 2.24) is 5.32 Å². The Hall–Kier alpha value is -1.55. The predicted molar refractivity (Wildman–Crippen MR) is 79.5 cm³/mol. The van der Waals surface area contributed by atoms with Gasteiger partial charge in [-0.1, -0.05) is 37.5 Å². The number of hydrogen-bond donors (Lipinski definition) is 2. The monoisotopic (exact) mass is 276 g/mol. The van der Waals surface area contributed by atoms with Crippen LogP contribution in [0.5, 0.6) is 5.75 Å². The summed E-state index contributed by atoms with van der Waals surface area (Å²) in [6, 6.07) is 9.61. The SMILES string of the molecule is CC(CNC(=O)C1(N)CCCCC1)Oc1ccccc1. The van der Waals surface area contributed by atoms with Crippen LogP contribution in [0.4, 0.5) is 0 Å². The minimum absolute atomic E-state index is 0.0410. The number of nitrogens with two attached hydrogens (primary N) is 1. The van der Waals surface area contributed by atoms with Gasteiger partial charge < -0.3 is 15.8 Å². The number of ether oxygens (including phenoxy) is 1. The van der Waals surface area contributed by atoms with E-state index in [-0.39, 0.29) is 12.0 Å². The van der Waals surface area contributed by atoms with Crippen LogP contribution >= 0.6 is 0 Å². The second kappa shape index (κ2) is 6.75. The Kier molecular flexibility index (Phi) is 5.01. The van der Waals surface area contributed by atoms with Crippen LogP contribution in [0.2, 0.25) is 0 Å². The Labute approximate surface area is 120 Å². The molecule has 4 heteroatoms. The van der Waals surface area contributed by atoms with Gasteiger partial charge in [0.2, 0.25) is 5.91 Å². The number of hydrogen-bond acceptors (Lipinski definition) is 3. The van der Waals surface area contributed by atoms with E-state index in [0.29, 0.717) is 6.54 Å². The van der Waals surface area contributed by atoms with Gasteiger partial charge in [-0.15, -0.1) is 0 Å². The number of amides is 1. The molecule has 0 aromatic heterocycles. The van der Waals surface area contributed by atoms with Gasteiger partial charge in [-0.25, -0.2) is 0 Å². The molecular weight excluding hydrogens is 252 g/mol. The van der Waals surface area contributed by atoms with Gasteiger partial charge in [0.25, 0.3) is 0 Å². The molecule has 1 saturated carbocycles. The van der Waals surface area contributed by atoms with Gasteiger partial charge in [0, 0.05) is 0 Å². The van der Waals surface area contributed by atoms with E-state index in [4.69, 9.17) is 10.5 Å². The van der Waals surface area contributed by atoms with Crippen LogP contribution in [-0.2, 0) is 4.79 Å². The maximum Gasteiger partial charge on any atom is 0.240 e. The van der Waals surface area contributed by atoms with Crippen molar-refractivity contribution in [1.29, 1.82) is 0 Å². The molecule has 110 valence electrons. The molecule has 0 radical (unpaired) electrons. The molecule has 0 saturated heterocycles. The maximum absolute atomic E-state index is 12.2. The molecule has 0 bridgehead atoms. The number of para-hydroxylation sites is 1. The average Bonchev–Trinajstić information content (AvgIpc) is 2.46. The van der Waals surface area contributed by atoms with Gasteiger partial charge in [-0.05, 0) is 31.9 Å². The minimum atomic E-state index is -0.676. The van der Waals surface area contributed by atoms with Crippen molar-refractivity contribution >= 4 is 5.91 Å². The van der Waals surface area contributed by atoms with Crippen molar-refractivity contribution in [3.8, 4) is 5.75 Å². The fourth-order valence-corrected chi connectivity index (χ4v) is 2.60. The summed E-state index contributed by atoms with van der Waals surface area (Å²) >= 11 is 0. The summed E-state index contributed by atoms with van der Waals surface area (Å²) in [4.78, 5) is 12.2. The summed E-state index contributed by atoms with van der Waals surface area (Å²) in [5.74, 6) is 0.773. The molecule has 1 atom stereocenters. The predicted octanol–water partition coefficient (Wildman–Crippen LogP) is 2.23. The molecule has 0 spiro atoms. The van der Waals surface area contributed by atoms with E-state index in [1.165, 1.54) is 6.42 Å². The van der Waals surface area contributed by atoms with Crippen LogP contribution < -0.4 is 15.8 Å². The zero-order valence-electron chi connectivity index (χ0n) is 12.1. The third-order valence-electron chi connectivity index (χ3n) is 3.83. The highest BCUT2D eigenvalue weighted by molar-refractivity contribution is 5.86. The van der Waals surface area contributed by atoms with Crippen molar-refractivity contribution in [3.63, 3.8) is 0 Å². The summed E-state index contributed by atoms with van der Waals surface area (Å²) in [5, 5.41) is 2.92. The fourth-order valence-electron chi connectivity index (χ4n) is 2.60. The van der Waals surface area contributed by atoms with E-state index in [1.54, 1.807) is 0 Å². The summed E-state index contributed by atoms with van der Waals surface area (Å²) in [7, 11) is 0. The number of rotatable bonds is 5. The van der Waals surface area contributed by atoms with E-state index in [1.807, 2.05) is 37.3 Å². The molecule has 0 aliphatic heterocycles. The molecule has 1 fully saturated rings. The average molecular weight is 276 g/mol. The Morgan fingerprint density at radius 2 is 1.95 bits per heavy atom. The van der Waals surface area contributed by atoms with E-state index < -0.39 is 5.54 Å². The largest absolute Gasteiger partial charge is 0.489 e. The highest BCUT2D eigenvalue weighted by Crippen LogP contribution is 2.25. The summed E-state index contributed by atoms with van der Waals surface area (Å²) in [6.07, 6.45) is 4.76. The fraction of sp³-hybridized carbons (Fsp3) is 0.562. The molecule has 2 rings (SSSR count). The van der Waals surface area contributed by atoms with Crippen molar-refractivity contribution in [3.05, 3.63) is 30.3 Å². The molecule has 3 N–H and O–H groups in total. The zero-order valence-corrected chi connectivity index (χ0v) is 12.1. The molecule has 1 aromatic rings. The second-order valence-electron chi connectivity index (χ2n) is 5.67. The Balaban J connectivity index is 1.78. The first kappa shape index (κ1) is 14.9. The smallest absolute Gasteiger partial charge is 0.240 e. The number of nitrogens with one attached hydrogen (secondary N) is 1. The van der Waals surface area contributed by atoms with Gasteiger partial charge in [0.05, 0.1) is 12.1 Å². The first-order chi connectivity index (χ1) is 9.60. The van der Waals surface area contributed by atoms with Gasteiger partial charge in [0.1, 0.15) is 11.9 Å². The van der Waals surface area contributed by atoms with Crippen molar-refractivity contribution in [2.24, 2.45) is 5.73 Å². The summed E-state index contributed by atoms with van der Waals surface area (Å²) in [5.41, 5.74) is 5.51. The van der Waals surface area contributed by atoms with Crippen molar-refractivity contribution in [2.75, 3.05) is 6.54 Å². The van der Waals surface area contributed by atoms with Crippen LogP contribution in [0, 0.1) is 0 Å². The number of benzene rings is 1. The molecule has 1 unspecified atom stereocenters. The van der Waals surface area contributed by atoms with Gasteiger partial charge in [0.15, 0.2) is 0 Å². The van der Waals surface area contributed by atoms with Crippen LogP contribution in [0.15, 0.2) is 30.3 Å². The normalized spacial score (nSPS) is 19.1. The molecular formula is C16H24N2O2. The van der Waals surface area contributed by atoms with Gasteiger partial charge in [-0.2, -0.15) is 0 Å². The van der Waals surface area contributed by atoms with Crippen LogP contribution in [0.25, 0.3) is 0 Å². The van der Waals surface area contributed by atoms with E-state index in [2.05, 4.69) is 5.32 Å². The second-order valence-corrected chi connectivity index (χ2v) is 5.67. The highest BCUT2D eigenvalue weighted by Gasteiger charge is 2.35. The minimum Gasteiger partial charge on any atom is -0.489 e. The van der Waals surface area contributed by atoms with Crippen LogP contribution in [-0.4, -0.2) is 24.1 Å². The first-order valence-electron chi connectivity index (χ1n) is 7.39. The summed E-state index contributed by atoms with van der Waals surface area (Å²) < 4.78 is 5.73. The molecule has 0 heterocycles. The maximum atomic E-state index is 12.2. The standard InChI is InChI=1S/C16H24N2O2/c1-13(20-14-8-4-2-5-9-14)12-18-15(19)16(17)10-6-3-7-11-16/h2,4-5,8-9,13H,3,6-7,10-12,17H2,1H3,(H,18,19). The third-order valence-corrected chi connectivity index (χ3v) is 3.83. The molecule has 1 aromatic carbocycles. The first-order valence-corrected chi connectivity index (χ1v) is 7.39. The molecule has 1 aliphatic carbocycles. The van der Waals surface area contributed by atoms with Gasteiger partial charge >= 0.3 is 0 Å². The molecule has 4 nitrogen and oxygen atoms in total. The van der Waals surface area contributed by atoms with Gasteiger partial charge in [-0.3, -0.25) is 4.79 Å². The lowest BCUT2D eigenvalue weighted by atomic mass is 9.82. The summed E-state index contributed by atoms with van der Waals surface area (Å²) in [6.45, 7) is 2.42. The topological polar surface area (TPSA) is 64.4 Å². The number of carbonyl (C=O) groups excluding carboxylic acids is 1. The number of carbonyl (C=O) groups is 1. The van der Waals surface area contributed by atoms with E-state index in [9.17, 15) is 4.79 Å². The van der Waals surface area contributed by atoms with Crippen LogP contribution in [0.3, 0.4) is 0 Å². The Bertz CT molecular complexity index is 427. The van der Waals surface area contributed by atoms with Crippen molar-refractivity contribution in [2.45, 2.75) is 50.7 Å². The highest BCUT2D eigenvalue weighted by atomic mass is 16.5. The van der Waals surface area contributed by atoms with Crippen molar-refractivity contribution < 1.29 is 9.53 Å². The zero-order chi connectivity index (χ0) is 14.4. The molecule has 20 heavy (non-hydrogen) atoms. The Morgan fingerprint density at radius 3 is 2.60 bits per heavy atom. The lowest BCUT2D eigenvalue weighted by molar-refractivity contribution is -0.127. The van der Waals surface area contributed by atoms with E-state index >= 15 is 0 Å². The lowest BCUT2D eigenvalue weighted by Gasteiger charge is -2.32. The Morgan fingerprint density at radius 1 is 1.30 bits per heavy atom. The van der Waals surface area contributed by atoms with Crippen LogP contribution in [0.1, 0.15) is 39.0 Å². The van der Waals surface area contributed by atoms with E-state index in [0.717, 1.165) is 31.4 Å². The molecule has 1 aliphatic rings. The lowest BCUT2D eigenvalue weighted by Crippen LogP contribution is -2.56. The quantitative estimate of drug-likeness (QED) is 0.867.